The van der Waals surface area contributed by atoms with Gasteiger partial charge in [0, 0.05) is 24.8 Å². The van der Waals surface area contributed by atoms with E-state index in [-0.39, 0.29) is 16.7 Å². The molecule has 1 aromatic carbocycles. The molecule has 2 N–H and O–H groups in total. The number of nitrogen functional groups attached to an aromatic ring is 1. The van der Waals surface area contributed by atoms with Crippen LogP contribution in [0.4, 0.5) is 5.69 Å². The Morgan fingerprint density at radius 3 is 2.56 bits per heavy atom. The largest absolute Gasteiger partial charge is 0.495 e. The van der Waals surface area contributed by atoms with E-state index < -0.39 is 10.0 Å². The summed E-state index contributed by atoms with van der Waals surface area (Å²) >= 11 is 0. The van der Waals surface area contributed by atoms with Gasteiger partial charge in [-0.3, -0.25) is 0 Å². The molecule has 1 atom stereocenters. The van der Waals surface area contributed by atoms with Crippen LogP contribution < -0.4 is 10.5 Å². The van der Waals surface area contributed by atoms with Crippen molar-refractivity contribution in [2.45, 2.75) is 31.2 Å². The molecule has 0 saturated carbocycles. The van der Waals surface area contributed by atoms with Gasteiger partial charge in [0.05, 0.1) is 7.11 Å². The van der Waals surface area contributed by atoms with E-state index in [2.05, 4.69) is 0 Å². The Morgan fingerprint density at radius 2 is 2.06 bits per heavy atom. The molecule has 0 aliphatic rings. The Kier molecular flexibility index (Phi) is 4.59. The van der Waals surface area contributed by atoms with Gasteiger partial charge in [-0.2, -0.15) is 4.31 Å². The molecule has 0 radical (unpaired) electrons. The number of nitrogens with zero attached hydrogens (tertiary/aromatic N) is 1. The summed E-state index contributed by atoms with van der Waals surface area (Å²) in [5.74, 6) is 0.269. The zero-order chi connectivity index (χ0) is 13.9. The summed E-state index contributed by atoms with van der Waals surface area (Å²) in [6, 6.07) is 4.47. The lowest BCUT2D eigenvalue weighted by molar-refractivity contribution is 0.371. The van der Waals surface area contributed by atoms with E-state index in [0.717, 1.165) is 6.42 Å². The number of anilines is 1. The Hall–Kier alpha value is -1.27. The van der Waals surface area contributed by atoms with Gasteiger partial charge >= 0.3 is 0 Å². The highest BCUT2D eigenvalue weighted by Gasteiger charge is 2.27. The van der Waals surface area contributed by atoms with Gasteiger partial charge in [0.25, 0.3) is 0 Å². The van der Waals surface area contributed by atoms with Crippen molar-refractivity contribution in [3.8, 4) is 5.75 Å². The SMILES string of the molecule is CCC(C)N(C)S(=O)(=O)c1ccc(N)cc1OC. The first kappa shape index (κ1) is 14.8. The van der Waals surface area contributed by atoms with Gasteiger partial charge in [0.2, 0.25) is 10.0 Å². The van der Waals surface area contributed by atoms with Gasteiger partial charge in [0.1, 0.15) is 10.6 Å². The summed E-state index contributed by atoms with van der Waals surface area (Å²) < 4.78 is 31.3. The highest BCUT2D eigenvalue weighted by Crippen LogP contribution is 2.29. The van der Waals surface area contributed by atoms with Crippen LogP contribution in [0.25, 0.3) is 0 Å². The van der Waals surface area contributed by atoms with Gasteiger partial charge in [0.15, 0.2) is 0 Å². The molecule has 0 heterocycles. The third-order valence-electron chi connectivity index (χ3n) is 3.06. The summed E-state index contributed by atoms with van der Waals surface area (Å²) in [5.41, 5.74) is 6.09. The molecule has 1 rings (SSSR count). The minimum atomic E-state index is -3.56. The number of benzene rings is 1. The topological polar surface area (TPSA) is 72.6 Å². The third kappa shape index (κ3) is 2.76. The number of methoxy groups -OCH3 is 1. The minimum Gasteiger partial charge on any atom is -0.495 e. The molecule has 5 nitrogen and oxygen atoms in total. The van der Waals surface area contributed by atoms with E-state index >= 15 is 0 Å². The molecular formula is C12H20N2O3S. The molecule has 0 aromatic heterocycles. The van der Waals surface area contributed by atoms with Gasteiger partial charge in [-0.05, 0) is 25.5 Å². The molecule has 0 spiro atoms. The smallest absolute Gasteiger partial charge is 0.246 e. The summed E-state index contributed by atoms with van der Waals surface area (Å²) in [6.45, 7) is 3.80. The summed E-state index contributed by atoms with van der Waals surface area (Å²) in [6.07, 6.45) is 0.743. The standard InChI is InChI=1S/C12H20N2O3S/c1-5-9(2)14(3)18(15,16)12-7-6-10(13)8-11(12)17-4/h6-9H,5,13H2,1-4H3. The summed E-state index contributed by atoms with van der Waals surface area (Å²) in [7, 11) is -0.561. The molecule has 0 fully saturated rings. The average Bonchev–Trinajstić information content (AvgIpc) is 2.36. The van der Waals surface area contributed by atoms with E-state index in [1.807, 2.05) is 13.8 Å². The van der Waals surface area contributed by atoms with Crippen LogP contribution in [-0.4, -0.2) is 32.9 Å². The number of ether oxygens (including phenoxy) is 1. The van der Waals surface area contributed by atoms with Crippen LogP contribution in [0.5, 0.6) is 5.75 Å². The Morgan fingerprint density at radius 1 is 1.44 bits per heavy atom. The molecule has 0 aliphatic carbocycles. The first-order valence-electron chi connectivity index (χ1n) is 5.76. The van der Waals surface area contributed by atoms with Gasteiger partial charge in [-0.1, -0.05) is 6.92 Å². The normalized spacial score (nSPS) is 13.6. The van der Waals surface area contributed by atoms with E-state index in [9.17, 15) is 8.42 Å². The molecule has 102 valence electrons. The number of hydrogen-bond donors (Lipinski definition) is 1. The second kappa shape index (κ2) is 5.58. The minimum absolute atomic E-state index is 0.0720. The predicted molar refractivity (Wildman–Crippen MR) is 72.1 cm³/mol. The van der Waals surface area contributed by atoms with Gasteiger partial charge in [-0.15, -0.1) is 0 Å². The molecule has 0 saturated heterocycles. The molecule has 0 aliphatic heterocycles. The van der Waals surface area contributed by atoms with Crippen molar-refractivity contribution in [2.75, 3.05) is 19.9 Å². The molecule has 1 unspecified atom stereocenters. The second-order valence-electron chi connectivity index (χ2n) is 4.19. The molecule has 6 heteroatoms. The zero-order valence-corrected chi connectivity index (χ0v) is 12.0. The third-order valence-corrected chi connectivity index (χ3v) is 5.07. The Bertz CT molecular complexity index is 514. The maximum Gasteiger partial charge on any atom is 0.246 e. The molecule has 1 aromatic rings. The maximum absolute atomic E-state index is 12.4. The van der Waals surface area contributed by atoms with Crippen LogP contribution in [0.2, 0.25) is 0 Å². The van der Waals surface area contributed by atoms with Gasteiger partial charge < -0.3 is 10.5 Å². The summed E-state index contributed by atoms with van der Waals surface area (Å²) in [5, 5.41) is 0. The first-order chi connectivity index (χ1) is 8.34. The van der Waals surface area contributed by atoms with Crippen molar-refractivity contribution in [2.24, 2.45) is 0 Å². The first-order valence-corrected chi connectivity index (χ1v) is 7.20. The maximum atomic E-state index is 12.4. The number of hydrogen-bond acceptors (Lipinski definition) is 4. The zero-order valence-electron chi connectivity index (χ0n) is 11.2. The van der Waals surface area contributed by atoms with Crippen molar-refractivity contribution < 1.29 is 13.2 Å². The van der Waals surface area contributed by atoms with Crippen molar-refractivity contribution in [1.29, 1.82) is 0 Å². The molecule has 18 heavy (non-hydrogen) atoms. The van der Waals surface area contributed by atoms with Crippen molar-refractivity contribution in [3.05, 3.63) is 18.2 Å². The molecular weight excluding hydrogens is 252 g/mol. The highest BCUT2D eigenvalue weighted by atomic mass is 32.2. The predicted octanol–water partition coefficient (Wildman–Crippen LogP) is 1.70. The number of rotatable bonds is 5. The lowest BCUT2D eigenvalue weighted by Gasteiger charge is -2.24. The van der Waals surface area contributed by atoms with Crippen molar-refractivity contribution in [3.63, 3.8) is 0 Å². The second-order valence-corrected chi connectivity index (χ2v) is 6.15. The summed E-state index contributed by atoms with van der Waals surface area (Å²) in [4.78, 5) is 0.141. The van der Waals surface area contributed by atoms with Crippen LogP contribution in [0.15, 0.2) is 23.1 Å². The Labute approximate surface area is 109 Å². The highest BCUT2D eigenvalue weighted by molar-refractivity contribution is 7.89. The van der Waals surface area contributed by atoms with Crippen LogP contribution in [0.1, 0.15) is 20.3 Å². The van der Waals surface area contributed by atoms with Crippen LogP contribution in [0, 0.1) is 0 Å². The van der Waals surface area contributed by atoms with Gasteiger partial charge in [-0.25, -0.2) is 8.42 Å². The van der Waals surface area contributed by atoms with E-state index in [0.29, 0.717) is 5.69 Å². The fraction of sp³-hybridized carbons (Fsp3) is 0.500. The average molecular weight is 272 g/mol. The van der Waals surface area contributed by atoms with E-state index in [1.54, 1.807) is 13.1 Å². The van der Waals surface area contributed by atoms with Crippen molar-refractivity contribution in [1.82, 2.24) is 4.31 Å². The van der Waals surface area contributed by atoms with Crippen LogP contribution >= 0.6 is 0 Å². The lowest BCUT2D eigenvalue weighted by atomic mass is 10.3. The van der Waals surface area contributed by atoms with Crippen LogP contribution in [-0.2, 0) is 10.0 Å². The Balaban J connectivity index is 3.28. The number of nitrogens with two attached hydrogens (primary N) is 1. The van der Waals surface area contributed by atoms with E-state index in [4.69, 9.17) is 10.5 Å². The molecule has 0 amide bonds. The fourth-order valence-electron chi connectivity index (χ4n) is 1.55. The number of sulfonamides is 1. The lowest BCUT2D eigenvalue weighted by Crippen LogP contribution is -2.34. The van der Waals surface area contributed by atoms with Crippen molar-refractivity contribution >= 4 is 15.7 Å². The monoisotopic (exact) mass is 272 g/mol. The van der Waals surface area contributed by atoms with E-state index in [1.165, 1.54) is 23.5 Å². The van der Waals surface area contributed by atoms with Crippen LogP contribution in [0.3, 0.4) is 0 Å². The fourth-order valence-corrected chi connectivity index (χ4v) is 3.12. The molecule has 0 bridgehead atoms. The quantitative estimate of drug-likeness (QED) is 0.828.